The Morgan fingerprint density at radius 3 is 2.58 bits per heavy atom. The van der Waals surface area contributed by atoms with Crippen LogP contribution in [0.15, 0.2) is 41.8 Å². The third-order valence-corrected chi connectivity index (χ3v) is 7.59. The van der Waals surface area contributed by atoms with Gasteiger partial charge in [-0.1, -0.05) is 25.1 Å². The van der Waals surface area contributed by atoms with Gasteiger partial charge < -0.3 is 10.6 Å². The normalized spacial score (nSPS) is 22.9. The van der Waals surface area contributed by atoms with Gasteiger partial charge in [0.1, 0.15) is 17.9 Å². The van der Waals surface area contributed by atoms with Gasteiger partial charge in [-0.15, -0.1) is 11.3 Å². The molecule has 4 amide bonds. The van der Waals surface area contributed by atoms with Gasteiger partial charge in [-0.3, -0.25) is 19.4 Å². The number of benzene rings is 1. The summed E-state index contributed by atoms with van der Waals surface area (Å²) in [7, 11) is 0. The summed E-state index contributed by atoms with van der Waals surface area (Å²) in [5.74, 6) is -0.656. The van der Waals surface area contributed by atoms with Crippen LogP contribution in [0.25, 0.3) is 0 Å². The molecule has 33 heavy (non-hydrogen) atoms. The second-order valence-electron chi connectivity index (χ2n) is 9.01. The zero-order valence-electron chi connectivity index (χ0n) is 18.8. The summed E-state index contributed by atoms with van der Waals surface area (Å²) >= 11 is 1.66. The van der Waals surface area contributed by atoms with E-state index in [1.54, 1.807) is 18.3 Å². The zero-order chi connectivity index (χ0) is 23.6. The first-order chi connectivity index (χ1) is 15.8. The van der Waals surface area contributed by atoms with Crippen molar-refractivity contribution >= 4 is 29.2 Å². The van der Waals surface area contributed by atoms with Crippen molar-refractivity contribution in [3.63, 3.8) is 0 Å². The van der Waals surface area contributed by atoms with Gasteiger partial charge in [-0.2, -0.15) is 0 Å². The van der Waals surface area contributed by atoms with Crippen molar-refractivity contribution in [2.45, 2.75) is 38.3 Å². The summed E-state index contributed by atoms with van der Waals surface area (Å²) in [6.45, 7) is 5.81. The van der Waals surface area contributed by atoms with Gasteiger partial charge in [0.25, 0.3) is 5.91 Å². The molecule has 2 unspecified atom stereocenters. The van der Waals surface area contributed by atoms with Crippen LogP contribution in [0.1, 0.15) is 43.2 Å². The lowest BCUT2D eigenvalue weighted by Crippen LogP contribution is -2.46. The number of urea groups is 1. The Morgan fingerprint density at radius 1 is 1.24 bits per heavy atom. The van der Waals surface area contributed by atoms with Gasteiger partial charge in [0.05, 0.1) is 6.04 Å². The summed E-state index contributed by atoms with van der Waals surface area (Å²) < 4.78 is 13.3. The lowest BCUT2D eigenvalue weighted by Gasteiger charge is -2.36. The molecule has 9 heteroatoms. The molecule has 2 aliphatic rings. The predicted octanol–water partition coefficient (Wildman–Crippen LogP) is 3.24. The second-order valence-corrected chi connectivity index (χ2v) is 9.99. The first-order valence-corrected chi connectivity index (χ1v) is 12.1. The molecule has 0 bridgehead atoms. The fourth-order valence-electron chi connectivity index (χ4n) is 4.46. The maximum atomic E-state index is 13.3. The number of nitrogens with zero attached hydrogens (tertiary/aromatic N) is 2. The van der Waals surface area contributed by atoms with Crippen LogP contribution >= 0.6 is 11.3 Å². The SMILES string of the molecule is CC1CCN(C(CNC(=O)CN2C(=O)NC(C)(c3ccc(F)cc3)C2=O)c2cccs2)CC1. The standard InChI is InChI=1S/C24H29FN4O3S/c1-16-9-11-28(12-10-16)19(20-4-3-13-33-20)14-26-21(30)15-29-22(31)24(2,27-23(29)32)17-5-7-18(25)8-6-17/h3-8,13,16,19H,9-12,14-15H2,1-2H3,(H,26,30)(H,27,32). The average Bonchev–Trinajstić information content (AvgIpc) is 3.39. The van der Waals surface area contributed by atoms with Crippen LogP contribution in [-0.2, 0) is 15.1 Å². The molecule has 176 valence electrons. The van der Waals surface area contributed by atoms with Crippen molar-refractivity contribution in [2.24, 2.45) is 5.92 Å². The van der Waals surface area contributed by atoms with E-state index in [0.717, 1.165) is 30.8 Å². The minimum atomic E-state index is -1.34. The summed E-state index contributed by atoms with van der Waals surface area (Å²) in [5.41, 5.74) is -0.878. The Labute approximate surface area is 196 Å². The third-order valence-electron chi connectivity index (χ3n) is 6.62. The lowest BCUT2D eigenvalue weighted by molar-refractivity contribution is -0.134. The summed E-state index contributed by atoms with van der Waals surface area (Å²) in [5, 5.41) is 7.60. The molecule has 2 fully saturated rings. The van der Waals surface area contributed by atoms with Crippen molar-refractivity contribution in [2.75, 3.05) is 26.2 Å². The fraction of sp³-hybridized carbons (Fsp3) is 0.458. The molecule has 2 aromatic rings. The van der Waals surface area contributed by atoms with Gasteiger partial charge in [-0.25, -0.2) is 9.18 Å². The van der Waals surface area contributed by atoms with Crippen LogP contribution in [-0.4, -0.2) is 53.8 Å². The Bertz CT molecular complexity index is 1010. The van der Waals surface area contributed by atoms with Crippen LogP contribution in [0.2, 0.25) is 0 Å². The molecule has 2 atom stereocenters. The van der Waals surface area contributed by atoms with E-state index in [9.17, 15) is 18.8 Å². The van der Waals surface area contributed by atoms with Crippen molar-refractivity contribution < 1.29 is 18.8 Å². The summed E-state index contributed by atoms with van der Waals surface area (Å²) in [6.07, 6.45) is 2.25. The highest BCUT2D eigenvalue weighted by molar-refractivity contribution is 7.10. The fourth-order valence-corrected chi connectivity index (χ4v) is 5.32. The van der Waals surface area contributed by atoms with Crippen LogP contribution in [0.4, 0.5) is 9.18 Å². The number of nitrogens with one attached hydrogen (secondary N) is 2. The molecule has 1 aromatic heterocycles. The highest BCUT2D eigenvalue weighted by atomic mass is 32.1. The molecule has 0 saturated carbocycles. The van der Waals surface area contributed by atoms with E-state index in [4.69, 9.17) is 0 Å². The molecule has 2 saturated heterocycles. The van der Waals surface area contributed by atoms with Gasteiger partial charge in [0.15, 0.2) is 0 Å². The van der Waals surface area contributed by atoms with E-state index < -0.39 is 29.2 Å². The third kappa shape index (κ3) is 4.94. The molecule has 4 rings (SSSR count). The maximum absolute atomic E-state index is 13.3. The molecule has 0 aliphatic carbocycles. The highest BCUT2D eigenvalue weighted by Gasteiger charge is 2.49. The Balaban J connectivity index is 1.40. The van der Waals surface area contributed by atoms with Gasteiger partial charge in [-0.05, 0) is 67.9 Å². The van der Waals surface area contributed by atoms with Crippen molar-refractivity contribution in [3.05, 3.63) is 58.0 Å². The maximum Gasteiger partial charge on any atom is 0.325 e. The number of piperidine rings is 1. The van der Waals surface area contributed by atoms with Crippen molar-refractivity contribution in [3.8, 4) is 0 Å². The zero-order valence-corrected chi connectivity index (χ0v) is 19.7. The number of amides is 4. The van der Waals surface area contributed by atoms with Crippen molar-refractivity contribution in [1.82, 2.24) is 20.4 Å². The van der Waals surface area contributed by atoms with Crippen LogP contribution in [0.5, 0.6) is 0 Å². The molecule has 3 heterocycles. The monoisotopic (exact) mass is 472 g/mol. The van der Waals surface area contributed by atoms with Gasteiger partial charge in [0.2, 0.25) is 5.91 Å². The first kappa shape index (κ1) is 23.4. The van der Waals surface area contributed by atoms with E-state index >= 15 is 0 Å². The highest BCUT2D eigenvalue weighted by Crippen LogP contribution is 2.30. The van der Waals surface area contributed by atoms with Crippen LogP contribution in [0, 0.1) is 11.7 Å². The molecule has 0 spiro atoms. The molecule has 2 N–H and O–H groups in total. The number of hydrogen-bond donors (Lipinski definition) is 2. The number of halogens is 1. The van der Waals surface area contributed by atoms with E-state index in [2.05, 4.69) is 28.5 Å². The lowest BCUT2D eigenvalue weighted by atomic mass is 9.92. The molecule has 1 aromatic carbocycles. The molecule has 2 aliphatic heterocycles. The Kier molecular flexibility index (Phi) is 6.81. The predicted molar refractivity (Wildman–Crippen MR) is 124 cm³/mol. The number of thiophene rings is 1. The number of hydrogen-bond acceptors (Lipinski definition) is 5. The Morgan fingerprint density at radius 2 is 1.94 bits per heavy atom. The van der Waals surface area contributed by atoms with E-state index in [0.29, 0.717) is 18.0 Å². The molecule has 0 radical (unpaired) electrons. The largest absolute Gasteiger partial charge is 0.353 e. The quantitative estimate of drug-likeness (QED) is 0.606. The number of likely N-dealkylation sites (tertiary alicyclic amines) is 1. The van der Waals surface area contributed by atoms with Gasteiger partial charge in [0, 0.05) is 11.4 Å². The number of rotatable bonds is 7. The minimum absolute atomic E-state index is 0.0639. The number of carbonyl (C=O) groups is 3. The van der Waals surface area contributed by atoms with E-state index in [1.807, 2.05) is 11.4 Å². The Hall–Kier alpha value is -2.78. The molecular weight excluding hydrogens is 443 g/mol. The average molecular weight is 473 g/mol. The smallest absolute Gasteiger partial charge is 0.325 e. The van der Waals surface area contributed by atoms with E-state index in [-0.39, 0.29) is 12.6 Å². The minimum Gasteiger partial charge on any atom is -0.353 e. The number of imide groups is 1. The molecular formula is C24H29FN4O3S. The van der Waals surface area contributed by atoms with Crippen molar-refractivity contribution in [1.29, 1.82) is 0 Å². The summed E-state index contributed by atoms with van der Waals surface area (Å²) in [4.78, 5) is 42.8. The topological polar surface area (TPSA) is 81.8 Å². The van der Waals surface area contributed by atoms with E-state index in [1.165, 1.54) is 29.1 Å². The van der Waals surface area contributed by atoms with Crippen LogP contribution in [0.3, 0.4) is 0 Å². The summed E-state index contributed by atoms with van der Waals surface area (Å²) in [6, 6.07) is 8.90. The van der Waals surface area contributed by atoms with Gasteiger partial charge >= 0.3 is 6.03 Å². The number of carbonyl (C=O) groups excluding carboxylic acids is 3. The molecule has 7 nitrogen and oxygen atoms in total. The van der Waals surface area contributed by atoms with Crippen LogP contribution < -0.4 is 10.6 Å². The second kappa shape index (κ2) is 9.61. The first-order valence-electron chi connectivity index (χ1n) is 11.2.